The van der Waals surface area contributed by atoms with Crippen LogP contribution in [0.4, 0.5) is 0 Å². The molecule has 53 heavy (non-hydrogen) atoms. The van der Waals surface area contributed by atoms with Crippen molar-refractivity contribution >= 4 is 5.78 Å². The van der Waals surface area contributed by atoms with Gasteiger partial charge in [-0.25, -0.2) is 0 Å². The predicted octanol–water partition coefficient (Wildman–Crippen LogP) is 4.39. The summed E-state index contributed by atoms with van der Waals surface area (Å²) >= 11 is 0. The number of nitrogens with zero attached hydrogens (tertiary/aromatic N) is 1. The Kier molecular flexibility index (Phi) is 10.2. The quantitative estimate of drug-likeness (QED) is 0.409. The minimum atomic E-state index is -0.854. The number of rotatable bonds is 4. The lowest BCUT2D eigenvalue weighted by molar-refractivity contribution is -0.292. The van der Waals surface area contributed by atoms with E-state index in [0.717, 1.165) is 49.7 Å². The molecule has 10 aliphatic heterocycles. The van der Waals surface area contributed by atoms with Gasteiger partial charge in [-0.05, 0) is 62.0 Å². The van der Waals surface area contributed by atoms with Gasteiger partial charge in [0.15, 0.2) is 5.79 Å². The van der Waals surface area contributed by atoms with E-state index in [1.54, 1.807) is 7.11 Å². The van der Waals surface area contributed by atoms with Crippen molar-refractivity contribution in [2.45, 2.75) is 200 Å². The van der Waals surface area contributed by atoms with Crippen molar-refractivity contribution in [3.63, 3.8) is 0 Å². The summed E-state index contributed by atoms with van der Waals surface area (Å²) in [6.07, 6.45) is 4.10. The average molecular weight is 740 g/mol. The van der Waals surface area contributed by atoms with Crippen LogP contribution in [0.2, 0.25) is 0 Å². The number of carbonyl (C=O) groups is 1. The van der Waals surface area contributed by atoms with Crippen LogP contribution in [-0.4, -0.2) is 121 Å². The molecule has 12 nitrogen and oxygen atoms in total. The van der Waals surface area contributed by atoms with E-state index >= 15 is 0 Å². The predicted molar refractivity (Wildman–Crippen MR) is 187 cm³/mol. The zero-order valence-electron chi connectivity index (χ0n) is 31.2. The number of fused-ring (bicyclic) bond motifs is 6. The Labute approximate surface area is 312 Å². The Balaban J connectivity index is 0.992. The Morgan fingerprint density at radius 3 is 2.42 bits per heavy atom. The third-order valence-corrected chi connectivity index (χ3v) is 14.0. The third-order valence-electron chi connectivity index (χ3n) is 14.0. The van der Waals surface area contributed by atoms with Gasteiger partial charge in [-0.1, -0.05) is 20.1 Å². The second-order valence-corrected chi connectivity index (χ2v) is 17.6. The molecule has 0 amide bonds. The molecule has 10 heterocycles. The average Bonchev–Trinajstić information content (AvgIpc) is 3.80. The maximum absolute atomic E-state index is 14.1. The molecule has 0 aliphatic carbocycles. The summed E-state index contributed by atoms with van der Waals surface area (Å²) < 4.78 is 60.0. The van der Waals surface area contributed by atoms with Crippen LogP contribution < -0.4 is 0 Å². The highest BCUT2D eigenvalue weighted by atomic mass is 16.8. The van der Waals surface area contributed by atoms with Crippen molar-refractivity contribution in [3.8, 4) is 6.07 Å². The highest BCUT2D eigenvalue weighted by molar-refractivity contribution is 5.79. The van der Waals surface area contributed by atoms with Crippen molar-refractivity contribution in [3.05, 3.63) is 24.3 Å². The van der Waals surface area contributed by atoms with Gasteiger partial charge in [0, 0.05) is 51.6 Å². The number of methoxy groups -OCH3 is 1. The van der Waals surface area contributed by atoms with Crippen molar-refractivity contribution in [2.75, 3.05) is 7.11 Å². The normalized spacial score (nSPS) is 51.4. The van der Waals surface area contributed by atoms with E-state index < -0.39 is 24.1 Å². The van der Waals surface area contributed by atoms with E-state index in [0.29, 0.717) is 25.7 Å². The van der Waals surface area contributed by atoms with E-state index in [1.165, 1.54) is 0 Å². The van der Waals surface area contributed by atoms with Crippen LogP contribution in [0, 0.1) is 23.2 Å². The van der Waals surface area contributed by atoms with E-state index in [4.69, 9.17) is 42.6 Å². The second kappa shape index (κ2) is 14.6. The van der Waals surface area contributed by atoms with Gasteiger partial charge >= 0.3 is 0 Å². The van der Waals surface area contributed by atoms with Gasteiger partial charge in [0.2, 0.25) is 0 Å². The summed E-state index contributed by atoms with van der Waals surface area (Å²) in [5.41, 5.74) is 2.17. The van der Waals surface area contributed by atoms with Crippen LogP contribution >= 0.6 is 0 Å². The summed E-state index contributed by atoms with van der Waals surface area (Å²) in [6, 6.07) is 2.06. The number of hydrogen-bond acceptors (Lipinski definition) is 12. The Morgan fingerprint density at radius 2 is 1.58 bits per heavy atom. The van der Waals surface area contributed by atoms with Crippen LogP contribution in [0.15, 0.2) is 24.3 Å². The number of aliphatic hydroxyl groups excluding tert-OH is 1. The fourth-order valence-electron chi connectivity index (χ4n) is 11.4. The molecule has 10 saturated heterocycles. The molecule has 10 rings (SSSR count). The molecule has 12 bridgehead atoms. The summed E-state index contributed by atoms with van der Waals surface area (Å²) in [6.45, 7) is 11.1. The molecule has 0 aromatic heterocycles. The number of ether oxygens (including phenoxy) is 9. The van der Waals surface area contributed by atoms with Crippen LogP contribution in [0.3, 0.4) is 0 Å². The maximum atomic E-state index is 14.1. The number of Topliss-reactive ketones (excluding diaryl/α,β-unsaturated/α-hetero) is 1. The molecule has 0 aromatic carbocycles. The lowest BCUT2D eigenvalue weighted by atomic mass is 9.81. The molecule has 10 aliphatic rings. The first-order valence-corrected chi connectivity index (χ1v) is 20.3. The van der Waals surface area contributed by atoms with Crippen LogP contribution in [-0.2, 0) is 47.4 Å². The van der Waals surface area contributed by atoms with Gasteiger partial charge in [-0.2, -0.15) is 5.26 Å². The molecule has 292 valence electrons. The molecule has 1 spiro atoms. The number of hydrogen-bond donors (Lipinski definition) is 1. The minimum Gasteiger partial charge on any atom is -0.392 e. The summed E-state index contributed by atoms with van der Waals surface area (Å²) in [5, 5.41) is 19.9. The monoisotopic (exact) mass is 739 g/mol. The number of nitriles is 1. The Bertz CT molecular complexity index is 1470. The van der Waals surface area contributed by atoms with Gasteiger partial charge in [-0.3, -0.25) is 4.79 Å². The smallest absolute Gasteiger partial charge is 0.172 e. The second-order valence-electron chi connectivity index (χ2n) is 17.6. The summed E-state index contributed by atoms with van der Waals surface area (Å²) in [7, 11) is 1.63. The van der Waals surface area contributed by atoms with Gasteiger partial charge in [0.05, 0.1) is 79.6 Å². The molecule has 0 saturated carbocycles. The molecular weight excluding hydrogens is 682 g/mol. The van der Waals surface area contributed by atoms with Gasteiger partial charge in [0.25, 0.3) is 0 Å². The number of aliphatic hydroxyl groups is 1. The molecule has 0 radical (unpaired) electrons. The largest absolute Gasteiger partial charge is 0.392 e. The van der Waals surface area contributed by atoms with Gasteiger partial charge in [0.1, 0.15) is 36.3 Å². The summed E-state index contributed by atoms with van der Waals surface area (Å²) in [4.78, 5) is 14.1. The van der Waals surface area contributed by atoms with Gasteiger partial charge in [-0.15, -0.1) is 0 Å². The number of ketones is 1. The summed E-state index contributed by atoms with van der Waals surface area (Å²) in [5.74, 6) is -0.717. The number of carbonyl (C=O) groups excluding carboxylic acids is 1. The first-order chi connectivity index (χ1) is 25.6. The van der Waals surface area contributed by atoms with Crippen LogP contribution in [0.1, 0.15) is 96.8 Å². The van der Waals surface area contributed by atoms with E-state index in [1.807, 2.05) is 0 Å². The zero-order valence-corrected chi connectivity index (χ0v) is 31.2. The zero-order chi connectivity index (χ0) is 36.6. The third kappa shape index (κ3) is 6.89. The molecular formula is C41H57NO11. The Morgan fingerprint density at radius 1 is 0.830 bits per heavy atom. The highest BCUT2D eigenvalue weighted by Gasteiger charge is 2.68. The van der Waals surface area contributed by atoms with Gasteiger partial charge < -0.3 is 47.7 Å². The fraction of sp³-hybridized carbons (Fsp3) is 0.854. The maximum Gasteiger partial charge on any atom is 0.172 e. The van der Waals surface area contributed by atoms with E-state index in [2.05, 4.69) is 26.2 Å². The fourth-order valence-corrected chi connectivity index (χ4v) is 11.4. The van der Waals surface area contributed by atoms with Crippen LogP contribution in [0.25, 0.3) is 0 Å². The SMILES string of the molecule is C=C1C[C@@H]2CC[C@@]34C[C@H]5O[C@@H]6C(O[C@H]7CC[C@H](CC(=O)C[C@@H]8[C@@H](OC)[C@@H](C[C@H](O)CC#N)O[C@H]8C[C@H]8O[C@@H](CC[C@@H]1O2)C[C@@H](C)C8=C)O[C@@H]7[C@@H]6O3)[C@H]5O4. The molecule has 12 heteroatoms. The van der Waals surface area contributed by atoms with Crippen molar-refractivity contribution in [2.24, 2.45) is 11.8 Å². The molecule has 10 fully saturated rings. The molecule has 19 atom stereocenters. The lowest BCUT2D eigenvalue weighted by Gasteiger charge is -2.47. The lowest BCUT2D eigenvalue weighted by Crippen LogP contribution is -2.61. The standard InChI is InChI=1S/C41H57NO11/c1-20-13-25-5-7-29-21(2)14-27(46-29)9-11-41-19-34-37(52-41)38-39(51-34)40(53-41)36-30(50-38)8-6-26(48-36)15-24(44)16-28-32(18-31(47-25)22(20)3)49-33(35(28)45-4)17-23(43)10-12-42/h20,23,25-40,43H,2-3,5-11,13-19H2,1,4H3/t20-,23-,25+,26-,27+,28+,29+,30+,31-,32+,33-,34-,35-,36+,37+,38?,39-,40+,41+/m1/s1. The van der Waals surface area contributed by atoms with Crippen molar-refractivity contribution < 1.29 is 52.5 Å². The first-order valence-electron chi connectivity index (χ1n) is 20.3. The van der Waals surface area contributed by atoms with Crippen LogP contribution in [0.5, 0.6) is 0 Å². The minimum absolute atomic E-state index is 0.000969. The molecule has 0 aromatic rings. The van der Waals surface area contributed by atoms with E-state index in [-0.39, 0.29) is 123 Å². The highest BCUT2D eigenvalue weighted by Crippen LogP contribution is 2.54. The Hall–Kier alpha value is -1.76. The molecule has 1 N–H and O–H groups in total. The van der Waals surface area contributed by atoms with Crippen molar-refractivity contribution in [1.29, 1.82) is 5.26 Å². The van der Waals surface area contributed by atoms with Crippen molar-refractivity contribution in [1.82, 2.24) is 0 Å². The molecule has 1 unspecified atom stereocenters. The van der Waals surface area contributed by atoms with E-state index in [9.17, 15) is 15.2 Å². The first kappa shape index (κ1) is 36.9. The topological polar surface area (TPSA) is 144 Å².